The average Bonchev–Trinajstić information content (AvgIpc) is 3.12. The van der Waals surface area contributed by atoms with Gasteiger partial charge in [-0.25, -0.2) is 0 Å². The predicted molar refractivity (Wildman–Crippen MR) is 137 cm³/mol. The number of hydrogen-bond acceptors (Lipinski definition) is 8. The second-order valence-electron chi connectivity index (χ2n) is 11.2. The summed E-state index contributed by atoms with van der Waals surface area (Å²) in [5.41, 5.74) is -0.0572. The molecule has 1 saturated heterocycles. The summed E-state index contributed by atoms with van der Waals surface area (Å²) in [6.45, 7) is 16.4. The Hall–Kier alpha value is -2.45. The van der Waals surface area contributed by atoms with E-state index in [1.165, 1.54) is 13.8 Å². The van der Waals surface area contributed by atoms with Gasteiger partial charge < -0.3 is 19.3 Å². The largest absolute Gasteiger partial charge is 0.458 e. The Morgan fingerprint density at radius 3 is 2.41 bits per heavy atom. The van der Waals surface area contributed by atoms with Crippen LogP contribution in [0.4, 0.5) is 0 Å². The Balaban J connectivity index is 2.21. The van der Waals surface area contributed by atoms with Gasteiger partial charge in [0.25, 0.3) is 0 Å². The number of rotatable bonds is 8. The van der Waals surface area contributed by atoms with Crippen molar-refractivity contribution in [2.24, 2.45) is 28.6 Å². The zero-order valence-electron chi connectivity index (χ0n) is 23.1. The van der Waals surface area contributed by atoms with Gasteiger partial charge in [0.05, 0.1) is 17.4 Å². The molecule has 3 aliphatic rings. The van der Waals surface area contributed by atoms with E-state index in [0.717, 1.165) is 5.57 Å². The quantitative estimate of drug-likeness (QED) is 0.215. The highest BCUT2D eigenvalue weighted by molar-refractivity contribution is 5.72. The molecule has 1 N–H and O–H groups in total. The Morgan fingerprint density at radius 1 is 1.19 bits per heavy atom. The first-order valence-corrected chi connectivity index (χ1v) is 13.2. The highest BCUT2D eigenvalue weighted by Gasteiger charge is 2.71. The Kier molecular flexibility index (Phi) is 8.75. The fourth-order valence-corrected chi connectivity index (χ4v) is 6.30. The second-order valence-corrected chi connectivity index (χ2v) is 11.2. The average molecular weight is 519 g/mol. The molecule has 9 atom stereocenters. The maximum absolute atomic E-state index is 12.8. The summed E-state index contributed by atoms with van der Waals surface area (Å²) in [7, 11) is 0. The first-order valence-electron chi connectivity index (χ1n) is 13.2. The second kappa shape index (κ2) is 11.1. The normalized spacial score (nSPS) is 37.9. The first kappa shape index (κ1) is 29.1. The molecule has 1 spiro atoms. The van der Waals surface area contributed by atoms with Crippen molar-refractivity contribution in [3.05, 3.63) is 36.0 Å². The Bertz CT molecular complexity index is 982. The Morgan fingerprint density at radius 2 is 1.84 bits per heavy atom. The van der Waals surface area contributed by atoms with Crippen molar-refractivity contribution >= 4 is 17.9 Å². The highest BCUT2D eigenvalue weighted by Crippen LogP contribution is 2.67. The molecule has 0 unspecified atom stereocenters. The summed E-state index contributed by atoms with van der Waals surface area (Å²) in [6, 6.07) is 0. The number of ether oxygens (including phenoxy) is 4. The highest BCUT2D eigenvalue weighted by atomic mass is 16.8. The molecule has 0 aromatic carbocycles. The van der Waals surface area contributed by atoms with Crippen LogP contribution in [0.15, 0.2) is 36.0 Å². The van der Waals surface area contributed by atoms with Crippen LogP contribution in [0.1, 0.15) is 74.1 Å². The maximum atomic E-state index is 12.8. The van der Waals surface area contributed by atoms with Crippen LogP contribution in [0.2, 0.25) is 0 Å². The Labute approximate surface area is 220 Å². The van der Waals surface area contributed by atoms with Crippen molar-refractivity contribution in [3.63, 3.8) is 0 Å². The zero-order chi connectivity index (χ0) is 27.7. The van der Waals surface area contributed by atoms with Gasteiger partial charge in [-0.1, -0.05) is 52.0 Å². The molecule has 3 rings (SSSR count). The lowest BCUT2D eigenvalue weighted by Crippen LogP contribution is -2.63. The minimum Gasteiger partial charge on any atom is -0.458 e. The van der Waals surface area contributed by atoms with Gasteiger partial charge in [-0.05, 0) is 55.9 Å². The molecule has 0 aromatic rings. The van der Waals surface area contributed by atoms with Crippen LogP contribution in [-0.2, 0) is 33.3 Å². The number of esters is 3. The third-order valence-corrected chi connectivity index (χ3v) is 8.87. The molecule has 2 fully saturated rings. The lowest BCUT2D eigenvalue weighted by Gasteiger charge is -2.60. The van der Waals surface area contributed by atoms with E-state index in [1.54, 1.807) is 12.2 Å². The number of aliphatic hydroxyl groups excluding tert-OH is 1. The molecular weight excluding hydrogens is 476 g/mol. The van der Waals surface area contributed by atoms with Gasteiger partial charge in [-0.2, -0.15) is 0 Å². The van der Waals surface area contributed by atoms with Crippen LogP contribution in [0.25, 0.3) is 0 Å². The summed E-state index contributed by atoms with van der Waals surface area (Å²) in [4.78, 5) is 37.0. The van der Waals surface area contributed by atoms with E-state index < -0.39 is 47.6 Å². The fraction of sp³-hybridized carbons (Fsp3) is 0.690. The summed E-state index contributed by atoms with van der Waals surface area (Å²) in [5.74, 6) is -1.99. The van der Waals surface area contributed by atoms with Crippen molar-refractivity contribution in [2.45, 2.75) is 98.9 Å². The predicted octanol–water partition coefficient (Wildman–Crippen LogP) is 4.62. The fourth-order valence-electron chi connectivity index (χ4n) is 6.30. The minimum absolute atomic E-state index is 0.0722. The van der Waals surface area contributed by atoms with Crippen molar-refractivity contribution in [2.75, 3.05) is 0 Å². The third-order valence-electron chi connectivity index (χ3n) is 8.87. The molecule has 37 heavy (non-hydrogen) atoms. The molecule has 1 aliphatic heterocycles. The van der Waals surface area contributed by atoms with E-state index in [4.69, 9.17) is 18.9 Å². The molecule has 1 heterocycles. The van der Waals surface area contributed by atoms with E-state index in [1.807, 2.05) is 20.8 Å². The van der Waals surface area contributed by atoms with E-state index in [-0.39, 0.29) is 23.7 Å². The van der Waals surface area contributed by atoms with Gasteiger partial charge in [0.2, 0.25) is 12.6 Å². The molecule has 206 valence electrons. The van der Waals surface area contributed by atoms with E-state index in [9.17, 15) is 19.5 Å². The van der Waals surface area contributed by atoms with Crippen molar-refractivity contribution < 1.29 is 38.4 Å². The van der Waals surface area contributed by atoms with E-state index in [0.29, 0.717) is 31.3 Å². The first-order chi connectivity index (χ1) is 17.3. The molecule has 8 nitrogen and oxygen atoms in total. The van der Waals surface area contributed by atoms with Gasteiger partial charge in [-0.3, -0.25) is 19.1 Å². The standard InChI is InChI=1S/C29H42O8/c1-9-16(3)11-12-28(8)18(5)13-24(32)29-22(26(34-19(6)30)37-27(29)35-20(7)31)14-21(15-23(28)29)36-25(33)17(4)10-2/h9,11,14,17-18,21,23-24,26-27,32H,1,10,12-13,15H2,2-8H3/b16-11+/t17-,18-,21+,23+,24+,26-,27+,28-,29-/m1/s1. The molecule has 0 radical (unpaired) electrons. The van der Waals surface area contributed by atoms with Crippen LogP contribution in [0.3, 0.4) is 0 Å². The zero-order valence-corrected chi connectivity index (χ0v) is 23.1. The molecule has 0 bridgehead atoms. The summed E-state index contributed by atoms with van der Waals surface area (Å²) >= 11 is 0. The topological polar surface area (TPSA) is 108 Å². The summed E-state index contributed by atoms with van der Waals surface area (Å²) in [5, 5.41) is 11.7. The van der Waals surface area contributed by atoms with Gasteiger partial charge in [0.1, 0.15) is 6.10 Å². The number of allylic oxidation sites excluding steroid dienone is 3. The number of carbonyl (C=O) groups excluding carboxylic acids is 3. The van der Waals surface area contributed by atoms with Gasteiger partial charge in [0, 0.05) is 19.4 Å². The van der Waals surface area contributed by atoms with Crippen LogP contribution in [0.5, 0.6) is 0 Å². The van der Waals surface area contributed by atoms with E-state index >= 15 is 0 Å². The van der Waals surface area contributed by atoms with Crippen LogP contribution < -0.4 is 0 Å². The van der Waals surface area contributed by atoms with Crippen molar-refractivity contribution in [1.29, 1.82) is 0 Å². The van der Waals surface area contributed by atoms with Crippen LogP contribution in [0, 0.1) is 28.6 Å². The molecule has 8 heteroatoms. The summed E-state index contributed by atoms with van der Waals surface area (Å²) in [6.07, 6.45) is 3.89. The molecule has 1 saturated carbocycles. The number of carbonyl (C=O) groups is 3. The van der Waals surface area contributed by atoms with Crippen LogP contribution >= 0.6 is 0 Å². The monoisotopic (exact) mass is 518 g/mol. The number of hydrogen-bond donors (Lipinski definition) is 1. The SMILES string of the molecule is C=C/C(C)=C/C[C@]1(C)[C@H](C)C[C@H](O)[C@@]23C(=C[C@H](OC(=O)[C@H](C)CC)C[C@@H]12)[C@H](OC(C)=O)O[C@@H]3OC(C)=O. The molecule has 0 amide bonds. The lowest BCUT2D eigenvalue weighted by atomic mass is 9.45. The smallest absolute Gasteiger partial charge is 0.309 e. The van der Waals surface area contributed by atoms with Gasteiger partial charge in [0.15, 0.2) is 0 Å². The van der Waals surface area contributed by atoms with Crippen molar-refractivity contribution in [3.8, 4) is 0 Å². The van der Waals surface area contributed by atoms with E-state index in [2.05, 4.69) is 26.5 Å². The lowest BCUT2D eigenvalue weighted by molar-refractivity contribution is -0.254. The van der Waals surface area contributed by atoms with Crippen LogP contribution in [-0.4, -0.2) is 47.8 Å². The minimum atomic E-state index is -1.17. The van der Waals surface area contributed by atoms with Gasteiger partial charge >= 0.3 is 17.9 Å². The molecule has 0 aromatic heterocycles. The summed E-state index contributed by atoms with van der Waals surface area (Å²) < 4.78 is 23.2. The molecule has 2 aliphatic carbocycles. The van der Waals surface area contributed by atoms with Crippen molar-refractivity contribution in [1.82, 2.24) is 0 Å². The maximum Gasteiger partial charge on any atom is 0.309 e. The van der Waals surface area contributed by atoms with Gasteiger partial charge in [-0.15, -0.1) is 0 Å². The number of aliphatic hydroxyl groups is 1. The third kappa shape index (κ3) is 5.28. The molecular formula is C29H42O8.